The second-order valence-electron chi connectivity index (χ2n) is 3.21. The lowest BCUT2D eigenvalue weighted by Gasteiger charge is -2.14. The Hall–Kier alpha value is 0.110. The van der Waals surface area contributed by atoms with E-state index in [0.717, 1.165) is 38.5 Å². The van der Waals surface area contributed by atoms with Gasteiger partial charge in [-0.15, -0.1) is 0 Å². The molecule has 4 nitrogen and oxygen atoms in total. The van der Waals surface area contributed by atoms with Crippen molar-refractivity contribution in [2.75, 3.05) is 0 Å². The molecule has 5 heteroatoms. The van der Waals surface area contributed by atoms with Gasteiger partial charge in [0.25, 0.3) is 0 Å². The van der Waals surface area contributed by atoms with Gasteiger partial charge in [-0.05, 0) is 12.8 Å². The van der Waals surface area contributed by atoms with Crippen LogP contribution in [0.15, 0.2) is 0 Å². The highest BCUT2D eigenvalue weighted by Gasteiger charge is 2.22. The van der Waals surface area contributed by atoms with Crippen LogP contribution in [-0.4, -0.2) is 15.9 Å². The second kappa shape index (κ2) is 4.38. The molecule has 72 valence electrons. The molecule has 2 N–H and O–H groups in total. The Labute approximate surface area is 72.2 Å². The Kier molecular flexibility index (Phi) is 3.72. The highest BCUT2D eigenvalue weighted by molar-refractivity contribution is 7.46. The third-order valence-electron chi connectivity index (χ3n) is 2.09. The van der Waals surface area contributed by atoms with Crippen LogP contribution in [0, 0.1) is 0 Å². The van der Waals surface area contributed by atoms with Gasteiger partial charge in [0.15, 0.2) is 0 Å². The van der Waals surface area contributed by atoms with Crippen LogP contribution < -0.4 is 0 Å². The lowest BCUT2D eigenvalue weighted by molar-refractivity contribution is 0.122. The number of phosphoric ester groups is 1. The molecule has 0 aromatic heterocycles. The maximum atomic E-state index is 10.5. The van der Waals surface area contributed by atoms with Crippen LogP contribution in [0.25, 0.3) is 0 Å². The molecule has 0 bridgehead atoms. The van der Waals surface area contributed by atoms with Crippen LogP contribution in [0.2, 0.25) is 0 Å². The van der Waals surface area contributed by atoms with E-state index in [0.29, 0.717) is 0 Å². The Bertz CT molecular complexity index is 168. The van der Waals surface area contributed by atoms with Crippen molar-refractivity contribution in [3.8, 4) is 0 Å². The Morgan fingerprint density at radius 3 is 2.00 bits per heavy atom. The van der Waals surface area contributed by atoms with Crippen molar-refractivity contribution >= 4 is 7.82 Å². The molecular weight excluding hydrogens is 179 g/mol. The monoisotopic (exact) mass is 194 g/mol. The molecule has 0 unspecified atom stereocenters. The van der Waals surface area contributed by atoms with Gasteiger partial charge in [-0.3, -0.25) is 4.52 Å². The zero-order valence-corrected chi connectivity index (χ0v) is 7.87. The van der Waals surface area contributed by atoms with E-state index in [-0.39, 0.29) is 6.10 Å². The molecule has 0 radical (unpaired) electrons. The molecular formula is C7H15O4P. The summed E-state index contributed by atoms with van der Waals surface area (Å²) in [7, 11) is -4.25. The third-order valence-corrected chi connectivity index (χ3v) is 2.66. The summed E-state index contributed by atoms with van der Waals surface area (Å²) in [4.78, 5) is 17.1. The van der Waals surface area contributed by atoms with E-state index in [1.165, 1.54) is 0 Å². The minimum absolute atomic E-state index is 0.228. The van der Waals surface area contributed by atoms with Crippen molar-refractivity contribution in [3.05, 3.63) is 0 Å². The normalized spacial score (nSPS) is 22.2. The molecule has 0 heterocycles. The van der Waals surface area contributed by atoms with Crippen molar-refractivity contribution in [3.63, 3.8) is 0 Å². The maximum Gasteiger partial charge on any atom is 0.469 e. The van der Waals surface area contributed by atoms with Gasteiger partial charge in [0, 0.05) is 0 Å². The zero-order valence-electron chi connectivity index (χ0n) is 6.98. The predicted octanol–water partition coefficient (Wildman–Crippen LogP) is 1.82. The summed E-state index contributed by atoms with van der Waals surface area (Å²) in [6.07, 6.45) is 5.68. The fraction of sp³-hybridized carbons (Fsp3) is 1.00. The highest BCUT2D eigenvalue weighted by atomic mass is 31.2. The van der Waals surface area contributed by atoms with E-state index in [4.69, 9.17) is 9.79 Å². The number of hydrogen-bond donors (Lipinski definition) is 2. The van der Waals surface area contributed by atoms with E-state index in [2.05, 4.69) is 4.52 Å². The minimum atomic E-state index is -4.25. The lowest BCUT2D eigenvalue weighted by Crippen LogP contribution is -2.09. The maximum absolute atomic E-state index is 10.5. The molecule has 0 saturated heterocycles. The molecule has 1 fully saturated rings. The number of rotatable bonds is 2. The van der Waals surface area contributed by atoms with Crippen LogP contribution in [0.4, 0.5) is 0 Å². The average Bonchev–Trinajstić information content (AvgIpc) is 2.12. The lowest BCUT2D eigenvalue weighted by atomic mass is 10.2. The molecule has 0 spiro atoms. The summed E-state index contributed by atoms with van der Waals surface area (Å²) < 4.78 is 15.1. The molecule has 1 aliphatic carbocycles. The van der Waals surface area contributed by atoms with Gasteiger partial charge in [0.2, 0.25) is 0 Å². The summed E-state index contributed by atoms with van der Waals surface area (Å²) in [5.41, 5.74) is 0. The summed E-state index contributed by atoms with van der Waals surface area (Å²) in [5, 5.41) is 0. The van der Waals surface area contributed by atoms with Gasteiger partial charge in [0.05, 0.1) is 6.10 Å². The first-order chi connectivity index (χ1) is 5.58. The first kappa shape index (κ1) is 10.2. The second-order valence-corrected chi connectivity index (χ2v) is 4.40. The summed E-state index contributed by atoms with van der Waals surface area (Å²) in [6.45, 7) is 0. The van der Waals surface area contributed by atoms with Crippen molar-refractivity contribution < 1.29 is 18.9 Å². The molecule has 1 aliphatic rings. The molecule has 0 atom stereocenters. The molecule has 0 aromatic rings. The van der Waals surface area contributed by atoms with Gasteiger partial charge in [-0.2, -0.15) is 0 Å². The quantitative estimate of drug-likeness (QED) is 0.519. The fourth-order valence-corrected chi connectivity index (χ4v) is 2.14. The van der Waals surface area contributed by atoms with Crippen LogP contribution in [0.3, 0.4) is 0 Å². The predicted molar refractivity (Wildman–Crippen MR) is 44.6 cm³/mol. The first-order valence-electron chi connectivity index (χ1n) is 4.32. The zero-order chi connectivity index (χ0) is 9.03. The van der Waals surface area contributed by atoms with E-state index in [1.807, 2.05) is 0 Å². The highest BCUT2D eigenvalue weighted by Crippen LogP contribution is 2.40. The van der Waals surface area contributed by atoms with Crippen molar-refractivity contribution in [1.82, 2.24) is 0 Å². The average molecular weight is 194 g/mol. The topological polar surface area (TPSA) is 66.8 Å². The first-order valence-corrected chi connectivity index (χ1v) is 5.85. The molecule has 12 heavy (non-hydrogen) atoms. The molecule has 0 aromatic carbocycles. The number of hydrogen-bond acceptors (Lipinski definition) is 2. The Morgan fingerprint density at radius 1 is 1.08 bits per heavy atom. The van der Waals surface area contributed by atoms with E-state index in [9.17, 15) is 4.57 Å². The van der Waals surface area contributed by atoms with Gasteiger partial charge in [-0.25, -0.2) is 4.57 Å². The summed E-state index contributed by atoms with van der Waals surface area (Å²) in [6, 6.07) is 0. The largest absolute Gasteiger partial charge is 0.469 e. The summed E-state index contributed by atoms with van der Waals surface area (Å²) in [5.74, 6) is 0. The Balaban J connectivity index is 2.35. The van der Waals surface area contributed by atoms with E-state index in [1.54, 1.807) is 0 Å². The molecule has 1 rings (SSSR count). The van der Waals surface area contributed by atoms with Crippen LogP contribution in [0.5, 0.6) is 0 Å². The minimum Gasteiger partial charge on any atom is -0.303 e. The van der Waals surface area contributed by atoms with Crippen molar-refractivity contribution in [2.45, 2.75) is 44.6 Å². The molecule has 0 amide bonds. The van der Waals surface area contributed by atoms with Crippen LogP contribution in [-0.2, 0) is 9.09 Å². The van der Waals surface area contributed by atoms with Gasteiger partial charge < -0.3 is 9.79 Å². The van der Waals surface area contributed by atoms with Crippen LogP contribution in [0.1, 0.15) is 38.5 Å². The fourth-order valence-electron chi connectivity index (χ4n) is 1.54. The summed E-state index contributed by atoms with van der Waals surface area (Å²) >= 11 is 0. The van der Waals surface area contributed by atoms with Crippen LogP contribution >= 0.6 is 7.82 Å². The molecule has 1 saturated carbocycles. The van der Waals surface area contributed by atoms with Crippen molar-refractivity contribution in [2.24, 2.45) is 0 Å². The standard InChI is InChI=1S/C7H15O4P/c8-12(9,10)11-7-5-3-1-2-4-6-7/h7H,1-6H2,(H2,8,9,10). The van der Waals surface area contributed by atoms with Gasteiger partial charge in [-0.1, -0.05) is 25.7 Å². The Morgan fingerprint density at radius 2 is 1.58 bits per heavy atom. The van der Waals surface area contributed by atoms with Gasteiger partial charge in [0.1, 0.15) is 0 Å². The van der Waals surface area contributed by atoms with E-state index >= 15 is 0 Å². The smallest absolute Gasteiger partial charge is 0.303 e. The molecule has 0 aliphatic heterocycles. The third kappa shape index (κ3) is 4.21. The van der Waals surface area contributed by atoms with Crippen molar-refractivity contribution in [1.29, 1.82) is 0 Å². The number of phosphoric acid groups is 1. The van der Waals surface area contributed by atoms with E-state index < -0.39 is 7.82 Å². The van der Waals surface area contributed by atoms with Gasteiger partial charge >= 0.3 is 7.82 Å². The SMILES string of the molecule is O=P(O)(O)OC1CCCCCC1.